The van der Waals surface area contributed by atoms with E-state index in [4.69, 9.17) is 0 Å². The molecule has 0 spiro atoms. The molecule has 0 aliphatic rings. The summed E-state index contributed by atoms with van der Waals surface area (Å²) in [5.41, 5.74) is 2.76. The highest BCUT2D eigenvalue weighted by atomic mass is 16.1. The quantitative estimate of drug-likeness (QED) is 0.807. The van der Waals surface area contributed by atoms with Crippen LogP contribution < -0.4 is 10.6 Å². The molecule has 0 fully saturated rings. The number of hydrogen-bond donors (Lipinski definition) is 2. The first-order chi connectivity index (χ1) is 8.58. The van der Waals surface area contributed by atoms with Crippen molar-refractivity contribution < 1.29 is 4.79 Å². The molecule has 0 radical (unpaired) electrons. The summed E-state index contributed by atoms with van der Waals surface area (Å²) < 4.78 is 0. The number of benzene rings is 1. The standard InChI is InChI=1S/C14H23N3O/c1-5-17(4)9-8-16-14(18)13-7-6-12(15-3)10-11(13)2/h6-7,10,15H,5,8-9H2,1-4H3,(H,16,18). The average molecular weight is 249 g/mol. The van der Waals surface area contributed by atoms with E-state index in [1.807, 2.05) is 39.2 Å². The molecule has 1 amide bonds. The van der Waals surface area contributed by atoms with Crippen molar-refractivity contribution in [2.75, 3.05) is 39.0 Å². The van der Waals surface area contributed by atoms with Crippen LogP contribution in [-0.2, 0) is 0 Å². The fourth-order valence-corrected chi connectivity index (χ4v) is 1.69. The maximum absolute atomic E-state index is 12.0. The van der Waals surface area contributed by atoms with Crippen LogP contribution in [0.25, 0.3) is 0 Å². The summed E-state index contributed by atoms with van der Waals surface area (Å²) in [6.45, 7) is 6.59. The van der Waals surface area contributed by atoms with E-state index in [1.165, 1.54) is 0 Å². The van der Waals surface area contributed by atoms with Crippen LogP contribution in [0.1, 0.15) is 22.8 Å². The molecule has 4 nitrogen and oxygen atoms in total. The second kappa shape index (κ2) is 7.01. The summed E-state index contributed by atoms with van der Waals surface area (Å²) in [5, 5.41) is 6.00. The van der Waals surface area contributed by atoms with Gasteiger partial charge in [-0.15, -0.1) is 0 Å². The van der Waals surface area contributed by atoms with Gasteiger partial charge in [-0.25, -0.2) is 0 Å². The summed E-state index contributed by atoms with van der Waals surface area (Å²) >= 11 is 0. The summed E-state index contributed by atoms with van der Waals surface area (Å²) in [6.07, 6.45) is 0. The summed E-state index contributed by atoms with van der Waals surface area (Å²) in [4.78, 5) is 14.1. The molecule has 0 saturated carbocycles. The lowest BCUT2D eigenvalue weighted by atomic mass is 10.1. The molecule has 100 valence electrons. The Kier molecular flexibility index (Phi) is 5.65. The van der Waals surface area contributed by atoms with Gasteiger partial charge in [0.05, 0.1) is 0 Å². The lowest BCUT2D eigenvalue weighted by Gasteiger charge is -2.14. The van der Waals surface area contributed by atoms with E-state index in [9.17, 15) is 4.79 Å². The van der Waals surface area contributed by atoms with Gasteiger partial charge in [0, 0.05) is 31.4 Å². The zero-order valence-corrected chi connectivity index (χ0v) is 11.7. The Labute approximate surface area is 109 Å². The number of anilines is 1. The van der Waals surface area contributed by atoms with Crippen LogP contribution in [0.3, 0.4) is 0 Å². The molecule has 0 aliphatic heterocycles. The normalized spacial score (nSPS) is 10.5. The fourth-order valence-electron chi connectivity index (χ4n) is 1.69. The lowest BCUT2D eigenvalue weighted by molar-refractivity contribution is 0.0949. The third kappa shape index (κ3) is 4.04. The predicted molar refractivity (Wildman–Crippen MR) is 76.2 cm³/mol. The molecule has 0 bridgehead atoms. The van der Waals surface area contributed by atoms with Gasteiger partial charge in [-0.1, -0.05) is 6.92 Å². The van der Waals surface area contributed by atoms with Gasteiger partial charge in [0.15, 0.2) is 0 Å². The van der Waals surface area contributed by atoms with Gasteiger partial charge in [-0.05, 0) is 44.3 Å². The SMILES string of the molecule is CCN(C)CCNC(=O)c1ccc(NC)cc1C. The number of likely N-dealkylation sites (N-methyl/N-ethyl adjacent to an activating group) is 1. The molecule has 4 heteroatoms. The van der Waals surface area contributed by atoms with Crippen molar-refractivity contribution in [2.24, 2.45) is 0 Å². The van der Waals surface area contributed by atoms with Crippen LogP contribution >= 0.6 is 0 Å². The molecular weight excluding hydrogens is 226 g/mol. The monoisotopic (exact) mass is 249 g/mol. The maximum Gasteiger partial charge on any atom is 0.251 e. The van der Waals surface area contributed by atoms with Crippen LogP contribution in [0.4, 0.5) is 5.69 Å². The molecule has 0 aromatic heterocycles. The van der Waals surface area contributed by atoms with Gasteiger partial charge in [-0.3, -0.25) is 4.79 Å². The van der Waals surface area contributed by atoms with E-state index in [-0.39, 0.29) is 5.91 Å². The highest BCUT2D eigenvalue weighted by molar-refractivity contribution is 5.96. The second-order valence-corrected chi connectivity index (χ2v) is 4.43. The van der Waals surface area contributed by atoms with Crippen LogP contribution in [0, 0.1) is 6.92 Å². The third-order valence-corrected chi connectivity index (χ3v) is 3.08. The highest BCUT2D eigenvalue weighted by Gasteiger charge is 2.08. The Bertz CT molecular complexity index is 404. The number of nitrogens with one attached hydrogen (secondary N) is 2. The van der Waals surface area contributed by atoms with E-state index in [0.29, 0.717) is 6.54 Å². The molecule has 1 aromatic carbocycles. The number of carbonyl (C=O) groups excluding carboxylic acids is 1. The number of nitrogens with zero attached hydrogens (tertiary/aromatic N) is 1. The van der Waals surface area contributed by atoms with Crippen LogP contribution in [0.5, 0.6) is 0 Å². The Hall–Kier alpha value is -1.55. The molecule has 1 aromatic rings. The number of amides is 1. The lowest BCUT2D eigenvalue weighted by Crippen LogP contribution is -2.33. The van der Waals surface area contributed by atoms with Crippen molar-refractivity contribution in [3.05, 3.63) is 29.3 Å². The molecule has 0 aliphatic carbocycles. The highest BCUT2D eigenvalue weighted by Crippen LogP contribution is 2.14. The Balaban J connectivity index is 2.56. The van der Waals surface area contributed by atoms with E-state index >= 15 is 0 Å². The summed E-state index contributed by atoms with van der Waals surface area (Å²) in [5.74, 6) is -0.000318. The molecule has 1 rings (SSSR count). The Morgan fingerprint density at radius 1 is 1.39 bits per heavy atom. The molecule has 0 heterocycles. The van der Waals surface area contributed by atoms with E-state index in [0.717, 1.165) is 29.9 Å². The van der Waals surface area contributed by atoms with Gasteiger partial charge >= 0.3 is 0 Å². The number of hydrogen-bond acceptors (Lipinski definition) is 3. The molecule has 0 saturated heterocycles. The van der Waals surface area contributed by atoms with E-state index in [2.05, 4.69) is 22.5 Å². The molecule has 2 N–H and O–H groups in total. The Morgan fingerprint density at radius 2 is 2.11 bits per heavy atom. The van der Waals surface area contributed by atoms with Crippen LogP contribution in [-0.4, -0.2) is 44.5 Å². The first-order valence-corrected chi connectivity index (χ1v) is 6.33. The number of rotatable bonds is 6. The second-order valence-electron chi connectivity index (χ2n) is 4.43. The van der Waals surface area contributed by atoms with Crippen LogP contribution in [0.2, 0.25) is 0 Å². The molecule has 0 atom stereocenters. The van der Waals surface area contributed by atoms with Crippen molar-refractivity contribution in [1.29, 1.82) is 0 Å². The summed E-state index contributed by atoms with van der Waals surface area (Å²) in [6, 6.07) is 5.76. The Morgan fingerprint density at radius 3 is 2.67 bits per heavy atom. The first-order valence-electron chi connectivity index (χ1n) is 6.33. The minimum atomic E-state index is -0.000318. The van der Waals surface area contributed by atoms with Crippen molar-refractivity contribution in [3.63, 3.8) is 0 Å². The van der Waals surface area contributed by atoms with Gasteiger partial charge in [0.1, 0.15) is 0 Å². The van der Waals surface area contributed by atoms with Crippen molar-refractivity contribution in [3.8, 4) is 0 Å². The predicted octanol–water partition coefficient (Wildman–Crippen LogP) is 1.72. The molecular formula is C14H23N3O. The fraction of sp³-hybridized carbons (Fsp3) is 0.500. The zero-order chi connectivity index (χ0) is 13.5. The van der Waals surface area contributed by atoms with Crippen molar-refractivity contribution >= 4 is 11.6 Å². The average Bonchev–Trinajstić information content (AvgIpc) is 2.37. The van der Waals surface area contributed by atoms with Crippen molar-refractivity contribution in [2.45, 2.75) is 13.8 Å². The minimum Gasteiger partial charge on any atom is -0.388 e. The maximum atomic E-state index is 12.0. The zero-order valence-electron chi connectivity index (χ0n) is 11.7. The smallest absolute Gasteiger partial charge is 0.251 e. The molecule has 18 heavy (non-hydrogen) atoms. The van der Waals surface area contributed by atoms with Gasteiger partial charge < -0.3 is 15.5 Å². The third-order valence-electron chi connectivity index (χ3n) is 3.08. The number of carbonyl (C=O) groups is 1. The minimum absolute atomic E-state index is 0.000318. The molecule has 0 unspecified atom stereocenters. The van der Waals surface area contributed by atoms with Gasteiger partial charge in [0.25, 0.3) is 5.91 Å². The first kappa shape index (κ1) is 14.5. The topological polar surface area (TPSA) is 44.4 Å². The van der Waals surface area contributed by atoms with Crippen LogP contribution in [0.15, 0.2) is 18.2 Å². The van der Waals surface area contributed by atoms with Gasteiger partial charge in [-0.2, -0.15) is 0 Å². The van der Waals surface area contributed by atoms with Crippen molar-refractivity contribution in [1.82, 2.24) is 10.2 Å². The van der Waals surface area contributed by atoms with E-state index < -0.39 is 0 Å². The van der Waals surface area contributed by atoms with Gasteiger partial charge in [0.2, 0.25) is 0 Å². The largest absolute Gasteiger partial charge is 0.388 e. The van der Waals surface area contributed by atoms with E-state index in [1.54, 1.807) is 0 Å². The summed E-state index contributed by atoms with van der Waals surface area (Å²) in [7, 11) is 3.91. The number of aryl methyl sites for hydroxylation is 1.